The summed E-state index contributed by atoms with van der Waals surface area (Å²) in [6, 6.07) is 19.8. The number of aryl methyl sites for hydroxylation is 2. The second-order valence-electron chi connectivity index (χ2n) is 19.9. The number of benzene rings is 2. The quantitative estimate of drug-likeness (QED) is 0.122. The lowest BCUT2D eigenvalue weighted by Crippen LogP contribution is -2.31. The molecule has 2 unspecified atom stereocenters. The predicted octanol–water partition coefficient (Wildman–Crippen LogP) is 16.8. The summed E-state index contributed by atoms with van der Waals surface area (Å²) in [5.74, 6) is 7.14. The molecule has 0 amide bonds. The molecule has 0 saturated heterocycles. The zero-order valence-electron chi connectivity index (χ0n) is 36.6. The van der Waals surface area contributed by atoms with Gasteiger partial charge in [-0.25, -0.2) is 0 Å². The third-order valence-electron chi connectivity index (χ3n) is 16.0. The van der Waals surface area contributed by atoms with E-state index in [1.165, 1.54) is 202 Å². The minimum Gasteiger partial charge on any atom is -0.365 e. The Kier molecular flexibility index (Phi) is 18.1. The van der Waals surface area contributed by atoms with Gasteiger partial charge in [-0.05, 0) is 172 Å². The van der Waals surface area contributed by atoms with Crippen LogP contribution in [-0.4, -0.2) is 0 Å². The molecule has 1 heteroatoms. The van der Waals surface area contributed by atoms with Crippen LogP contribution in [0.5, 0.6) is 0 Å². The van der Waals surface area contributed by atoms with E-state index in [4.69, 9.17) is 4.74 Å². The van der Waals surface area contributed by atoms with E-state index in [-0.39, 0.29) is 12.2 Å². The number of hydrogen-bond acceptors (Lipinski definition) is 1. The zero-order valence-corrected chi connectivity index (χ0v) is 36.6. The van der Waals surface area contributed by atoms with Crippen molar-refractivity contribution in [2.24, 2.45) is 47.3 Å². The maximum absolute atomic E-state index is 7.82. The van der Waals surface area contributed by atoms with Gasteiger partial charge in [-0.2, -0.15) is 0 Å². The van der Waals surface area contributed by atoms with Crippen molar-refractivity contribution < 1.29 is 4.74 Å². The first-order chi connectivity index (χ1) is 27.1. The van der Waals surface area contributed by atoms with Crippen LogP contribution in [0.15, 0.2) is 48.5 Å². The highest BCUT2D eigenvalue weighted by Crippen LogP contribution is 2.50. The van der Waals surface area contributed by atoms with E-state index in [0.29, 0.717) is 11.8 Å². The molecular weight excluding hydrogens is 665 g/mol. The Morgan fingerprint density at radius 2 is 0.727 bits per heavy atom. The molecule has 0 bridgehead atoms. The van der Waals surface area contributed by atoms with Crippen molar-refractivity contribution in [3.05, 3.63) is 70.8 Å². The summed E-state index contributed by atoms with van der Waals surface area (Å²) in [5.41, 5.74) is 5.94. The fraction of sp³-hybridized carbons (Fsp3) is 0.778. The third-order valence-corrected chi connectivity index (χ3v) is 16.0. The van der Waals surface area contributed by atoms with Crippen molar-refractivity contribution in [2.45, 2.75) is 220 Å². The smallest absolute Gasteiger partial charge is 0.0861 e. The molecule has 4 fully saturated rings. The molecule has 6 rings (SSSR count). The van der Waals surface area contributed by atoms with Crippen molar-refractivity contribution in [2.75, 3.05) is 0 Å². The highest BCUT2D eigenvalue weighted by molar-refractivity contribution is 5.28. The van der Waals surface area contributed by atoms with Gasteiger partial charge in [0.25, 0.3) is 0 Å². The fourth-order valence-electron chi connectivity index (χ4n) is 12.5. The summed E-state index contributed by atoms with van der Waals surface area (Å²) in [6.45, 7) is 9.40. The van der Waals surface area contributed by atoms with Crippen molar-refractivity contribution in [1.82, 2.24) is 0 Å². The van der Waals surface area contributed by atoms with Crippen LogP contribution in [0.25, 0.3) is 0 Å². The van der Waals surface area contributed by atoms with Gasteiger partial charge in [0.2, 0.25) is 0 Å². The van der Waals surface area contributed by atoms with Crippen LogP contribution in [0.2, 0.25) is 0 Å². The lowest BCUT2D eigenvalue weighted by atomic mass is 9.67. The van der Waals surface area contributed by atoms with Gasteiger partial charge < -0.3 is 4.74 Å². The molecule has 4 saturated carbocycles. The van der Waals surface area contributed by atoms with Crippen LogP contribution in [-0.2, 0) is 17.6 Å². The van der Waals surface area contributed by atoms with Gasteiger partial charge >= 0.3 is 0 Å². The molecule has 4 aliphatic carbocycles. The summed E-state index contributed by atoms with van der Waals surface area (Å²) in [4.78, 5) is 0. The number of ether oxygens (including phenoxy) is 1. The summed E-state index contributed by atoms with van der Waals surface area (Å²) in [5, 5.41) is 0. The average molecular weight is 751 g/mol. The van der Waals surface area contributed by atoms with Gasteiger partial charge in [0, 0.05) is 0 Å². The zero-order chi connectivity index (χ0) is 38.2. The van der Waals surface area contributed by atoms with E-state index in [1.54, 1.807) is 0 Å². The van der Waals surface area contributed by atoms with Crippen LogP contribution >= 0.6 is 0 Å². The topological polar surface area (TPSA) is 9.23 Å². The molecule has 2 aromatic carbocycles. The Hall–Kier alpha value is -1.60. The molecule has 0 aliphatic heterocycles. The summed E-state index contributed by atoms with van der Waals surface area (Å²) in [6.07, 6.45) is 39.4. The molecule has 4 aliphatic rings. The van der Waals surface area contributed by atoms with Crippen molar-refractivity contribution in [3.63, 3.8) is 0 Å². The Morgan fingerprint density at radius 3 is 1.04 bits per heavy atom. The van der Waals surface area contributed by atoms with Crippen molar-refractivity contribution in [1.29, 1.82) is 0 Å². The fourth-order valence-corrected chi connectivity index (χ4v) is 12.5. The van der Waals surface area contributed by atoms with Crippen LogP contribution in [0.4, 0.5) is 0 Å². The minimum absolute atomic E-state index is 0.201. The van der Waals surface area contributed by atoms with Crippen LogP contribution in [0.3, 0.4) is 0 Å². The molecule has 0 N–H and O–H groups in total. The van der Waals surface area contributed by atoms with Crippen LogP contribution in [0.1, 0.15) is 229 Å². The molecule has 0 spiro atoms. The molecule has 1 nitrogen and oxygen atoms in total. The van der Waals surface area contributed by atoms with Gasteiger partial charge in [0.1, 0.15) is 0 Å². The standard InChI is InChI=1S/C54H86O/c1-5-9-11-15-43-21-29-49(30-22-43)53(51-37-33-47(34-38-51)45-25-17-41(13-7-3)18-26-45)55-54(50-31-23-44(24-32-50)16-12-10-6-2)52-39-35-48(36-40-52)46-27-19-42(14-8-4)20-28-46/h21-24,29-32,41-42,45-48,51-54H,5-20,25-28,33-40H2,1-4H3/t41-,42-,45-,46-,47-,48-,51-,52-,53?,54?. The molecular formula is C54H86O. The van der Waals surface area contributed by atoms with Crippen molar-refractivity contribution in [3.8, 4) is 0 Å². The summed E-state index contributed by atoms with van der Waals surface area (Å²) >= 11 is 0. The Labute approximate surface area is 341 Å². The number of rotatable bonds is 20. The number of hydrogen-bond donors (Lipinski definition) is 0. The SMILES string of the molecule is CCCCCc1ccc(C(OC(c2ccc(CCCCC)cc2)[C@H]2CC[C@H]([C@H]3CC[C@H](CCC)CC3)CC2)[C@H]2CC[C@H]([C@H]3CC[C@H](CCC)CC3)CC2)cc1. The van der Waals surface area contributed by atoms with Gasteiger partial charge in [0.15, 0.2) is 0 Å². The largest absolute Gasteiger partial charge is 0.365 e. The highest BCUT2D eigenvalue weighted by Gasteiger charge is 2.39. The predicted molar refractivity (Wildman–Crippen MR) is 238 cm³/mol. The van der Waals surface area contributed by atoms with Crippen LogP contribution in [0, 0.1) is 47.3 Å². The highest BCUT2D eigenvalue weighted by atomic mass is 16.5. The molecule has 0 heterocycles. The molecule has 2 aromatic rings. The van der Waals surface area contributed by atoms with E-state index in [9.17, 15) is 0 Å². The summed E-state index contributed by atoms with van der Waals surface area (Å²) < 4.78 is 7.82. The van der Waals surface area contributed by atoms with Gasteiger partial charge in [-0.3, -0.25) is 0 Å². The Bertz CT molecular complexity index is 1180. The lowest BCUT2D eigenvalue weighted by Gasteiger charge is -2.43. The second kappa shape index (κ2) is 23.1. The average Bonchev–Trinajstić information content (AvgIpc) is 3.23. The molecule has 0 radical (unpaired) electrons. The normalized spacial score (nSPS) is 30.2. The molecule has 0 aromatic heterocycles. The minimum atomic E-state index is 0.201. The van der Waals surface area contributed by atoms with E-state index in [1.807, 2.05) is 0 Å². The number of unbranched alkanes of at least 4 members (excludes halogenated alkanes) is 4. The van der Waals surface area contributed by atoms with Crippen molar-refractivity contribution >= 4 is 0 Å². The molecule has 2 atom stereocenters. The van der Waals surface area contributed by atoms with E-state index < -0.39 is 0 Å². The van der Waals surface area contributed by atoms with E-state index >= 15 is 0 Å². The Morgan fingerprint density at radius 1 is 0.400 bits per heavy atom. The maximum Gasteiger partial charge on any atom is 0.0861 e. The van der Waals surface area contributed by atoms with E-state index in [0.717, 1.165) is 35.5 Å². The van der Waals surface area contributed by atoms with Gasteiger partial charge in [0.05, 0.1) is 12.2 Å². The third kappa shape index (κ3) is 12.7. The lowest BCUT2D eigenvalue weighted by molar-refractivity contribution is -0.0934. The first kappa shape index (κ1) is 43.0. The van der Waals surface area contributed by atoms with Gasteiger partial charge in [-0.1, -0.05) is 153 Å². The molecule has 308 valence electrons. The monoisotopic (exact) mass is 751 g/mol. The van der Waals surface area contributed by atoms with E-state index in [2.05, 4.69) is 76.2 Å². The van der Waals surface area contributed by atoms with Gasteiger partial charge in [-0.15, -0.1) is 0 Å². The van der Waals surface area contributed by atoms with Crippen LogP contribution < -0.4 is 0 Å². The second-order valence-corrected chi connectivity index (χ2v) is 19.9. The first-order valence-corrected chi connectivity index (χ1v) is 24.9. The molecule has 55 heavy (non-hydrogen) atoms. The maximum atomic E-state index is 7.82. The first-order valence-electron chi connectivity index (χ1n) is 24.9. The Balaban J connectivity index is 1.18. The summed E-state index contributed by atoms with van der Waals surface area (Å²) in [7, 11) is 0.